The minimum atomic E-state index is 0.182. The van der Waals surface area contributed by atoms with Gasteiger partial charge in [-0.2, -0.15) is 0 Å². The zero-order valence-electron chi connectivity index (χ0n) is 14.3. The van der Waals surface area contributed by atoms with Crippen molar-refractivity contribution in [3.63, 3.8) is 0 Å². The van der Waals surface area contributed by atoms with E-state index in [4.69, 9.17) is 4.74 Å². The van der Waals surface area contributed by atoms with Crippen molar-refractivity contribution in [2.45, 2.75) is 26.8 Å². The third-order valence-corrected chi connectivity index (χ3v) is 4.87. The van der Waals surface area contributed by atoms with Crippen LogP contribution in [0.1, 0.15) is 36.2 Å². The molecule has 23 heavy (non-hydrogen) atoms. The zero-order valence-corrected chi connectivity index (χ0v) is 14.3. The number of morpholine rings is 1. The van der Waals surface area contributed by atoms with Crippen molar-refractivity contribution >= 4 is 5.91 Å². The Morgan fingerprint density at radius 3 is 2.30 bits per heavy atom. The number of hydrogen-bond acceptors (Lipinski definition) is 3. The summed E-state index contributed by atoms with van der Waals surface area (Å²) in [5.74, 6) is 1.38. The number of ether oxygens (including phenoxy) is 1. The largest absolute Gasteiger partial charge is 0.379 e. The predicted molar refractivity (Wildman–Crippen MR) is 91.4 cm³/mol. The molecule has 1 aromatic rings. The van der Waals surface area contributed by atoms with E-state index in [9.17, 15) is 4.79 Å². The summed E-state index contributed by atoms with van der Waals surface area (Å²) in [5, 5.41) is 0. The first-order chi connectivity index (χ1) is 11.1. The van der Waals surface area contributed by atoms with E-state index >= 15 is 0 Å². The minimum Gasteiger partial charge on any atom is -0.379 e. The van der Waals surface area contributed by atoms with Crippen molar-refractivity contribution in [3.05, 3.63) is 35.4 Å². The number of benzene rings is 1. The molecular weight excluding hydrogens is 288 g/mol. The van der Waals surface area contributed by atoms with E-state index in [1.807, 2.05) is 17.0 Å². The highest BCUT2D eigenvalue weighted by molar-refractivity contribution is 5.94. The van der Waals surface area contributed by atoms with Gasteiger partial charge in [-0.3, -0.25) is 9.69 Å². The molecule has 1 amide bonds. The van der Waals surface area contributed by atoms with Gasteiger partial charge in [-0.25, -0.2) is 0 Å². The maximum atomic E-state index is 12.7. The molecule has 126 valence electrons. The average Bonchev–Trinajstić information content (AvgIpc) is 2.55. The SMILES string of the molecule is CC1CC(C)CN(C(=O)c2ccc(CN3CCOCC3)cc2)C1. The number of amides is 1. The molecule has 0 aromatic heterocycles. The number of piperidine rings is 1. The highest BCUT2D eigenvalue weighted by Gasteiger charge is 2.26. The second kappa shape index (κ2) is 7.45. The molecule has 3 rings (SSSR count). The standard InChI is InChI=1S/C19H28N2O2/c1-15-11-16(2)13-21(12-15)19(22)18-5-3-17(4-6-18)14-20-7-9-23-10-8-20/h3-6,15-16H,7-14H2,1-2H3. The van der Waals surface area contributed by atoms with E-state index < -0.39 is 0 Å². The fourth-order valence-electron chi connectivity index (χ4n) is 3.78. The third kappa shape index (κ3) is 4.33. The Balaban J connectivity index is 1.60. The van der Waals surface area contributed by atoms with E-state index in [0.717, 1.165) is 51.5 Å². The topological polar surface area (TPSA) is 32.8 Å². The average molecular weight is 316 g/mol. The lowest BCUT2D eigenvalue weighted by Crippen LogP contribution is -2.42. The Kier molecular flexibility index (Phi) is 5.34. The van der Waals surface area contributed by atoms with Crippen LogP contribution >= 0.6 is 0 Å². The van der Waals surface area contributed by atoms with Gasteiger partial charge in [-0.1, -0.05) is 26.0 Å². The van der Waals surface area contributed by atoms with Gasteiger partial charge in [0.05, 0.1) is 13.2 Å². The fourth-order valence-corrected chi connectivity index (χ4v) is 3.78. The zero-order chi connectivity index (χ0) is 16.2. The quantitative estimate of drug-likeness (QED) is 0.859. The molecule has 0 spiro atoms. The summed E-state index contributed by atoms with van der Waals surface area (Å²) in [5.41, 5.74) is 2.08. The van der Waals surface area contributed by atoms with E-state index in [1.54, 1.807) is 0 Å². The van der Waals surface area contributed by atoms with Gasteiger partial charge in [0.25, 0.3) is 5.91 Å². The van der Waals surface area contributed by atoms with Crippen LogP contribution in [0.4, 0.5) is 0 Å². The van der Waals surface area contributed by atoms with Gasteiger partial charge in [0.15, 0.2) is 0 Å². The Hall–Kier alpha value is -1.39. The van der Waals surface area contributed by atoms with Crippen LogP contribution in [0.5, 0.6) is 0 Å². The molecule has 0 bridgehead atoms. The summed E-state index contributed by atoms with van der Waals surface area (Å²) in [4.78, 5) is 17.1. The predicted octanol–water partition coefficient (Wildman–Crippen LogP) is 2.64. The molecular formula is C19H28N2O2. The highest BCUT2D eigenvalue weighted by atomic mass is 16.5. The summed E-state index contributed by atoms with van der Waals surface area (Å²) in [6.45, 7) is 10.8. The molecule has 0 N–H and O–H groups in total. The molecule has 2 saturated heterocycles. The second-order valence-electron chi connectivity index (χ2n) is 7.24. The number of likely N-dealkylation sites (tertiary alicyclic amines) is 1. The van der Waals surface area contributed by atoms with E-state index in [-0.39, 0.29) is 5.91 Å². The van der Waals surface area contributed by atoms with E-state index in [1.165, 1.54) is 12.0 Å². The van der Waals surface area contributed by atoms with Crippen molar-refractivity contribution < 1.29 is 9.53 Å². The summed E-state index contributed by atoms with van der Waals surface area (Å²) >= 11 is 0. The van der Waals surface area contributed by atoms with Gasteiger partial charge < -0.3 is 9.64 Å². The summed E-state index contributed by atoms with van der Waals surface area (Å²) in [7, 11) is 0. The molecule has 1 aromatic carbocycles. The number of rotatable bonds is 3. The normalized spacial score (nSPS) is 26.3. The molecule has 4 heteroatoms. The van der Waals surface area contributed by atoms with Crippen LogP contribution in [0.2, 0.25) is 0 Å². The lowest BCUT2D eigenvalue weighted by atomic mass is 9.91. The molecule has 0 saturated carbocycles. The van der Waals surface area contributed by atoms with Crippen LogP contribution in [0, 0.1) is 11.8 Å². The van der Waals surface area contributed by atoms with E-state index in [0.29, 0.717) is 11.8 Å². The van der Waals surface area contributed by atoms with Crippen LogP contribution in [0.25, 0.3) is 0 Å². The fraction of sp³-hybridized carbons (Fsp3) is 0.632. The molecule has 2 aliphatic heterocycles. The number of carbonyl (C=O) groups is 1. The molecule has 2 unspecified atom stereocenters. The number of nitrogens with zero attached hydrogens (tertiary/aromatic N) is 2. The van der Waals surface area contributed by atoms with Gasteiger partial charge in [0, 0.05) is 38.3 Å². The van der Waals surface area contributed by atoms with Crippen LogP contribution in [-0.4, -0.2) is 55.1 Å². The van der Waals surface area contributed by atoms with Gasteiger partial charge in [0.1, 0.15) is 0 Å². The van der Waals surface area contributed by atoms with Crippen LogP contribution in [0.3, 0.4) is 0 Å². The minimum absolute atomic E-state index is 0.182. The van der Waals surface area contributed by atoms with Crippen LogP contribution in [0.15, 0.2) is 24.3 Å². The molecule has 2 aliphatic rings. The molecule has 2 atom stereocenters. The maximum absolute atomic E-state index is 12.7. The Labute approximate surface area is 139 Å². The molecule has 2 heterocycles. The molecule has 2 fully saturated rings. The van der Waals surface area contributed by atoms with Crippen molar-refractivity contribution in [1.29, 1.82) is 0 Å². The molecule has 0 aliphatic carbocycles. The summed E-state index contributed by atoms with van der Waals surface area (Å²) in [6, 6.07) is 8.17. The smallest absolute Gasteiger partial charge is 0.253 e. The number of hydrogen-bond donors (Lipinski definition) is 0. The highest BCUT2D eigenvalue weighted by Crippen LogP contribution is 2.22. The van der Waals surface area contributed by atoms with Crippen molar-refractivity contribution in [2.75, 3.05) is 39.4 Å². The van der Waals surface area contributed by atoms with Crippen molar-refractivity contribution in [2.24, 2.45) is 11.8 Å². The summed E-state index contributed by atoms with van der Waals surface area (Å²) in [6.07, 6.45) is 1.22. The lowest BCUT2D eigenvalue weighted by molar-refractivity contribution is 0.0342. The molecule has 0 radical (unpaired) electrons. The van der Waals surface area contributed by atoms with Crippen LogP contribution in [-0.2, 0) is 11.3 Å². The monoisotopic (exact) mass is 316 g/mol. The van der Waals surface area contributed by atoms with E-state index in [2.05, 4.69) is 30.9 Å². The van der Waals surface area contributed by atoms with Gasteiger partial charge in [-0.15, -0.1) is 0 Å². The maximum Gasteiger partial charge on any atom is 0.253 e. The third-order valence-electron chi connectivity index (χ3n) is 4.87. The number of carbonyl (C=O) groups excluding carboxylic acids is 1. The van der Waals surface area contributed by atoms with Crippen molar-refractivity contribution in [1.82, 2.24) is 9.80 Å². The van der Waals surface area contributed by atoms with Gasteiger partial charge >= 0.3 is 0 Å². The Bertz CT molecular complexity index is 513. The lowest BCUT2D eigenvalue weighted by Gasteiger charge is -2.35. The second-order valence-corrected chi connectivity index (χ2v) is 7.24. The first-order valence-electron chi connectivity index (χ1n) is 8.80. The van der Waals surface area contributed by atoms with Gasteiger partial charge in [-0.05, 0) is 36.0 Å². The molecule has 4 nitrogen and oxygen atoms in total. The van der Waals surface area contributed by atoms with Crippen LogP contribution < -0.4 is 0 Å². The van der Waals surface area contributed by atoms with Gasteiger partial charge in [0.2, 0.25) is 0 Å². The Morgan fingerprint density at radius 2 is 1.70 bits per heavy atom. The first kappa shape index (κ1) is 16.5. The first-order valence-corrected chi connectivity index (χ1v) is 8.80. The summed E-state index contributed by atoms with van der Waals surface area (Å²) < 4.78 is 5.38. The Morgan fingerprint density at radius 1 is 1.09 bits per heavy atom. The van der Waals surface area contributed by atoms with Crippen molar-refractivity contribution in [3.8, 4) is 0 Å².